The van der Waals surface area contributed by atoms with Crippen LogP contribution in [0.2, 0.25) is 0 Å². The molecule has 12 heavy (non-hydrogen) atoms. The molecule has 0 aliphatic heterocycles. The Balaban J connectivity index is 3.69. The third-order valence-corrected chi connectivity index (χ3v) is 1.74. The van der Waals surface area contributed by atoms with Crippen LogP contribution in [0.1, 0.15) is 27.7 Å². The van der Waals surface area contributed by atoms with Crippen LogP contribution in [0.3, 0.4) is 0 Å². The molecule has 0 rings (SSSR count). The smallest absolute Gasteiger partial charge is 0.448 e. The maximum Gasteiger partial charge on any atom is 0.540 e. The SMILES string of the molecule is CC(C)C(C)(C)OOOC(=O)O. The van der Waals surface area contributed by atoms with Gasteiger partial charge < -0.3 is 5.11 Å². The molecule has 0 saturated heterocycles. The minimum atomic E-state index is -1.53. The van der Waals surface area contributed by atoms with Crippen molar-refractivity contribution in [3.63, 3.8) is 0 Å². The molecule has 0 saturated carbocycles. The number of hydrogen-bond acceptors (Lipinski definition) is 4. The molecule has 72 valence electrons. The lowest BCUT2D eigenvalue weighted by Gasteiger charge is -2.25. The Morgan fingerprint density at radius 3 is 2.25 bits per heavy atom. The average molecular weight is 178 g/mol. The van der Waals surface area contributed by atoms with Crippen molar-refractivity contribution in [2.75, 3.05) is 0 Å². The lowest BCUT2D eigenvalue weighted by Crippen LogP contribution is -2.31. The molecule has 0 aromatic rings. The Labute approximate surface area is 71.1 Å². The Morgan fingerprint density at radius 1 is 1.42 bits per heavy atom. The fourth-order valence-corrected chi connectivity index (χ4v) is 0.230. The summed E-state index contributed by atoms with van der Waals surface area (Å²) in [5, 5.41) is 12.0. The van der Waals surface area contributed by atoms with Gasteiger partial charge >= 0.3 is 6.16 Å². The van der Waals surface area contributed by atoms with Gasteiger partial charge in [-0.05, 0) is 24.8 Å². The molecule has 0 radical (unpaired) electrons. The van der Waals surface area contributed by atoms with Crippen LogP contribution in [0.15, 0.2) is 0 Å². The third-order valence-electron chi connectivity index (χ3n) is 1.74. The molecule has 0 spiro atoms. The number of rotatable bonds is 4. The van der Waals surface area contributed by atoms with Crippen LogP contribution in [-0.2, 0) is 14.8 Å². The molecular formula is C7H14O5. The number of carbonyl (C=O) groups is 1. The fourth-order valence-electron chi connectivity index (χ4n) is 0.230. The maximum absolute atomic E-state index is 9.83. The van der Waals surface area contributed by atoms with Crippen molar-refractivity contribution in [3.8, 4) is 0 Å². The van der Waals surface area contributed by atoms with Gasteiger partial charge in [-0.2, -0.15) is 4.89 Å². The minimum Gasteiger partial charge on any atom is -0.448 e. The second kappa shape index (κ2) is 4.27. The summed E-state index contributed by atoms with van der Waals surface area (Å²) in [7, 11) is 0. The summed E-state index contributed by atoms with van der Waals surface area (Å²) in [5.74, 6) is 0.190. The summed E-state index contributed by atoms with van der Waals surface area (Å²) < 4.78 is 0. The molecule has 0 aromatic heterocycles. The molecule has 5 heteroatoms. The predicted molar refractivity (Wildman–Crippen MR) is 40.2 cm³/mol. The van der Waals surface area contributed by atoms with Crippen molar-refractivity contribution in [1.82, 2.24) is 0 Å². The lowest BCUT2D eigenvalue weighted by molar-refractivity contribution is -0.520. The zero-order chi connectivity index (χ0) is 9.78. The van der Waals surface area contributed by atoms with Crippen molar-refractivity contribution in [2.24, 2.45) is 5.92 Å². The highest BCUT2D eigenvalue weighted by Crippen LogP contribution is 2.20. The van der Waals surface area contributed by atoms with E-state index in [0.717, 1.165) is 0 Å². The molecular weight excluding hydrogens is 164 g/mol. The Morgan fingerprint density at radius 2 is 1.92 bits per heavy atom. The van der Waals surface area contributed by atoms with Crippen LogP contribution in [-0.4, -0.2) is 16.9 Å². The molecule has 0 atom stereocenters. The van der Waals surface area contributed by atoms with Crippen LogP contribution in [0.5, 0.6) is 0 Å². The highest BCUT2D eigenvalue weighted by atomic mass is 17.5. The van der Waals surface area contributed by atoms with E-state index in [4.69, 9.17) is 9.99 Å². The Hall–Kier alpha value is -0.810. The van der Waals surface area contributed by atoms with E-state index in [2.05, 4.69) is 9.93 Å². The van der Waals surface area contributed by atoms with E-state index in [-0.39, 0.29) is 5.92 Å². The zero-order valence-corrected chi connectivity index (χ0v) is 7.66. The van der Waals surface area contributed by atoms with Crippen molar-refractivity contribution < 1.29 is 24.7 Å². The molecule has 1 N–H and O–H groups in total. The second-order valence-electron chi connectivity index (χ2n) is 3.26. The largest absolute Gasteiger partial charge is 0.540 e. The summed E-state index contributed by atoms with van der Waals surface area (Å²) in [5.41, 5.74) is -0.574. The quantitative estimate of drug-likeness (QED) is 0.526. The van der Waals surface area contributed by atoms with Crippen LogP contribution in [0.4, 0.5) is 4.79 Å². The molecule has 0 aliphatic rings. The molecule has 0 unspecified atom stereocenters. The Bertz CT molecular complexity index is 152. The second-order valence-corrected chi connectivity index (χ2v) is 3.26. The summed E-state index contributed by atoms with van der Waals surface area (Å²) in [6, 6.07) is 0. The maximum atomic E-state index is 9.83. The highest BCUT2D eigenvalue weighted by Gasteiger charge is 2.25. The zero-order valence-electron chi connectivity index (χ0n) is 7.66. The number of carboxylic acid groups (broad SMARTS) is 1. The first-order chi connectivity index (χ1) is 5.36. The van der Waals surface area contributed by atoms with Crippen molar-refractivity contribution in [1.29, 1.82) is 0 Å². The monoisotopic (exact) mass is 178 g/mol. The summed E-state index contributed by atoms with van der Waals surface area (Å²) >= 11 is 0. The first kappa shape index (κ1) is 11.2. The van der Waals surface area contributed by atoms with Gasteiger partial charge in [-0.1, -0.05) is 13.8 Å². The lowest BCUT2D eigenvalue weighted by atomic mass is 9.95. The summed E-state index contributed by atoms with van der Waals surface area (Å²) in [6.07, 6.45) is -1.53. The van der Waals surface area contributed by atoms with E-state index < -0.39 is 11.8 Å². The van der Waals surface area contributed by atoms with Gasteiger partial charge in [0.1, 0.15) is 5.60 Å². The van der Waals surface area contributed by atoms with Gasteiger partial charge in [0, 0.05) is 0 Å². The molecule has 0 heterocycles. The van der Waals surface area contributed by atoms with Gasteiger partial charge in [-0.15, -0.1) is 0 Å². The number of hydrogen-bond donors (Lipinski definition) is 1. The van der Waals surface area contributed by atoms with Gasteiger partial charge in [0.2, 0.25) is 0 Å². The molecule has 0 bridgehead atoms. The minimum absolute atomic E-state index is 0.190. The van der Waals surface area contributed by atoms with Crippen LogP contribution in [0.25, 0.3) is 0 Å². The first-order valence-electron chi connectivity index (χ1n) is 3.61. The van der Waals surface area contributed by atoms with Gasteiger partial charge in [-0.3, -0.25) is 0 Å². The predicted octanol–water partition coefficient (Wildman–Crippen LogP) is 1.98. The molecule has 0 fully saturated rings. The van der Waals surface area contributed by atoms with E-state index in [0.29, 0.717) is 0 Å². The topological polar surface area (TPSA) is 65.0 Å². The molecule has 0 amide bonds. The third kappa shape index (κ3) is 4.15. The van der Waals surface area contributed by atoms with Gasteiger partial charge in [0.15, 0.2) is 0 Å². The van der Waals surface area contributed by atoms with Gasteiger partial charge in [-0.25, -0.2) is 9.68 Å². The van der Waals surface area contributed by atoms with Crippen molar-refractivity contribution in [3.05, 3.63) is 0 Å². The standard InChI is InChI=1S/C7H14O5/c1-5(2)7(3,4)11-12-10-6(8)9/h5H,1-4H3,(H,8,9). The fraction of sp³-hybridized carbons (Fsp3) is 0.857. The highest BCUT2D eigenvalue weighted by molar-refractivity contribution is 5.55. The summed E-state index contributed by atoms with van der Waals surface area (Å²) in [6.45, 7) is 7.38. The van der Waals surface area contributed by atoms with E-state index in [9.17, 15) is 4.79 Å². The Kier molecular flexibility index (Phi) is 3.99. The van der Waals surface area contributed by atoms with Gasteiger partial charge in [0.25, 0.3) is 0 Å². The van der Waals surface area contributed by atoms with Crippen molar-refractivity contribution in [2.45, 2.75) is 33.3 Å². The molecule has 0 aliphatic carbocycles. The van der Waals surface area contributed by atoms with Gasteiger partial charge in [0.05, 0.1) is 0 Å². The average Bonchev–Trinajstić information content (AvgIpc) is 1.85. The van der Waals surface area contributed by atoms with E-state index in [1.165, 1.54) is 0 Å². The van der Waals surface area contributed by atoms with Crippen LogP contribution < -0.4 is 0 Å². The van der Waals surface area contributed by atoms with E-state index in [1.54, 1.807) is 13.8 Å². The normalized spacial score (nSPS) is 11.8. The summed E-state index contributed by atoms with van der Waals surface area (Å²) in [4.78, 5) is 18.2. The van der Waals surface area contributed by atoms with E-state index >= 15 is 0 Å². The van der Waals surface area contributed by atoms with Crippen molar-refractivity contribution >= 4 is 6.16 Å². The first-order valence-corrected chi connectivity index (χ1v) is 3.61. The molecule has 0 aromatic carbocycles. The molecule has 5 nitrogen and oxygen atoms in total. The van der Waals surface area contributed by atoms with Crippen LogP contribution in [0, 0.1) is 5.92 Å². The van der Waals surface area contributed by atoms with E-state index in [1.807, 2.05) is 13.8 Å². The van der Waals surface area contributed by atoms with Crippen LogP contribution >= 0.6 is 0 Å².